The average molecular weight is 452 g/mol. The third-order valence-corrected chi connectivity index (χ3v) is 5.79. The third-order valence-electron chi connectivity index (χ3n) is 5.79. The summed E-state index contributed by atoms with van der Waals surface area (Å²) in [5.41, 5.74) is -1.06. The maximum Gasteiger partial charge on any atom is 0.418 e. The van der Waals surface area contributed by atoms with E-state index in [2.05, 4.69) is 20.3 Å². The number of hydrogen-bond acceptors (Lipinski definition) is 5. The van der Waals surface area contributed by atoms with Crippen LogP contribution in [0.3, 0.4) is 0 Å². The van der Waals surface area contributed by atoms with Crippen LogP contribution >= 0.6 is 0 Å². The van der Waals surface area contributed by atoms with Gasteiger partial charge in [-0.1, -0.05) is 6.42 Å². The number of rotatable bonds is 3. The van der Waals surface area contributed by atoms with Crippen molar-refractivity contribution in [3.05, 3.63) is 47.8 Å². The van der Waals surface area contributed by atoms with Gasteiger partial charge in [-0.2, -0.15) is 13.2 Å². The van der Waals surface area contributed by atoms with Crippen LogP contribution in [0, 0.1) is 17.0 Å². The van der Waals surface area contributed by atoms with Crippen LogP contribution in [-0.4, -0.2) is 29.1 Å². The van der Waals surface area contributed by atoms with E-state index in [4.69, 9.17) is 9.47 Å². The quantitative estimate of drug-likeness (QED) is 0.506. The zero-order valence-corrected chi connectivity index (χ0v) is 16.5. The number of halogens is 5. The summed E-state index contributed by atoms with van der Waals surface area (Å²) in [7, 11) is 0. The van der Waals surface area contributed by atoms with E-state index in [0.717, 1.165) is 43.7 Å². The van der Waals surface area contributed by atoms with Crippen LogP contribution < -0.4 is 10.1 Å². The molecule has 1 aliphatic heterocycles. The number of aliphatic imine (C=N–C) groups is 1. The number of ether oxygens (including phenoxy) is 2. The molecule has 0 radical (unpaired) electrons. The third kappa shape index (κ3) is 3.61. The zero-order chi connectivity index (χ0) is 22.5. The predicted octanol–water partition coefficient (Wildman–Crippen LogP) is 5.62. The molecule has 2 N–H and O–H groups in total. The number of anilines is 1. The number of nitrogens with zero attached hydrogens (tertiary/aromatic N) is 2. The molecule has 1 aliphatic carbocycles. The Morgan fingerprint density at radius 3 is 2.50 bits per heavy atom. The fourth-order valence-corrected chi connectivity index (χ4v) is 3.91. The van der Waals surface area contributed by atoms with Gasteiger partial charge in [0.1, 0.15) is 11.4 Å². The summed E-state index contributed by atoms with van der Waals surface area (Å²) in [6.07, 6.45) is 0.410. The van der Waals surface area contributed by atoms with E-state index in [1.54, 1.807) is 0 Å². The molecule has 1 aromatic carbocycles. The van der Waals surface area contributed by atoms with Crippen molar-refractivity contribution >= 4 is 22.7 Å². The summed E-state index contributed by atoms with van der Waals surface area (Å²) in [4.78, 5) is 10.5. The van der Waals surface area contributed by atoms with E-state index in [9.17, 15) is 22.0 Å². The fraction of sp³-hybridized carbons (Fsp3) is 0.333. The molecule has 32 heavy (non-hydrogen) atoms. The van der Waals surface area contributed by atoms with Crippen LogP contribution in [0.4, 0.5) is 27.6 Å². The second kappa shape index (κ2) is 7.35. The Bertz CT molecular complexity index is 1190. The highest BCUT2D eigenvalue weighted by atomic mass is 19.4. The molecule has 0 atom stereocenters. The van der Waals surface area contributed by atoms with Gasteiger partial charge in [0.15, 0.2) is 17.4 Å². The predicted molar refractivity (Wildman–Crippen MR) is 106 cm³/mol. The van der Waals surface area contributed by atoms with E-state index in [0.29, 0.717) is 13.2 Å². The van der Waals surface area contributed by atoms with Crippen molar-refractivity contribution in [2.75, 3.05) is 18.5 Å². The van der Waals surface area contributed by atoms with Gasteiger partial charge in [-0.25, -0.2) is 18.8 Å². The van der Waals surface area contributed by atoms with Gasteiger partial charge in [0.25, 0.3) is 6.02 Å². The molecule has 0 unspecified atom stereocenters. The molecule has 11 heteroatoms. The Morgan fingerprint density at radius 1 is 1.16 bits per heavy atom. The lowest BCUT2D eigenvalue weighted by Crippen LogP contribution is -2.42. The highest BCUT2D eigenvalue weighted by Gasteiger charge is 2.40. The van der Waals surface area contributed by atoms with E-state index in [1.165, 1.54) is 6.20 Å². The maximum absolute atomic E-state index is 14.7. The van der Waals surface area contributed by atoms with Gasteiger partial charge < -0.3 is 19.8 Å². The molecule has 0 amide bonds. The SMILES string of the molecule is Fc1cc(NC2=NCC3(CCC3)CO2)cc(F)c1Oc1ccnc2[nH]cc(C(F)(F)F)c12. The van der Waals surface area contributed by atoms with Crippen molar-refractivity contribution in [2.45, 2.75) is 25.4 Å². The summed E-state index contributed by atoms with van der Waals surface area (Å²) in [6.45, 7) is 1.07. The summed E-state index contributed by atoms with van der Waals surface area (Å²) in [5, 5.41) is 2.30. The molecule has 1 spiro atoms. The fourth-order valence-electron chi connectivity index (χ4n) is 3.91. The molecular weight excluding hydrogens is 435 g/mol. The Balaban J connectivity index is 1.41. The summed E-state index contributed by atoms with van der Waals surface area (Å²) in [5.74, 6) is -3.42. The van der Waals surface area contributed by atoms with Crippen LogP contribution in [-0.2, 0) is 10.9 Å². The number of nitrogens with one attached hydrogen (secondary N) is 2. The van der Waals surface area contributed by atoms with Crippen LogP contribution in [0.25, 0.3) is 11.0 Å². The van der Waals surface area contributed by atoms with Gasteiger partial charge in [-0.3, -0.25) is 0 Å². The second-order valence-electron chi connectivity index (χ2n) is 7.99. The van der Waals surface area contributed by atoms with Crippen LogP contribution in [0.15, 0.2) is 35.6 Å². The van der Waals surface area contributed by atoms with Gasteiger partial charge >= 0.3 is 6.18 Å². The highest BCUT2D eigenvalue weighted by Crippen LogP contribution is 2.43. The molecule has 168 valence electrons. The number of H-pyrrole nitrogens is 1. The Morgan fingerprint density at radius 2 is 1.91 bits per heavy atom. The Kier molecular flexibility index (Phi) is 4.72. The Hall–Kier alpha value is -3.37. The molecule has 0 saturated heterocycles. The minimum atomic E-state index is -4.71. The molecule has 3 aromatic rings. The molecule has 6 nitrogen and oxygen atoms in total. The number of alkyl halides is 3. The molecule has 1 saturated carbocycles. The normalized spacial score (nSPS) is 17.6. The average Bonchev–Trinajstić information content (AvgIpc) is 3.16. The van der Waals surface area contributed by atoms with Crippen molar-refractivity contribution in [1.82, 2.24) is 9.97 Å². The minimum absolute atomic E-state index is 0.0353. The van der Waals surface area contributed by atoms with Gasteiger partial charge in [0.2, 0.25) is 0 Å². The lowest BCUT2D eigenvalue weighted by molar-refractivity contribution is -0.136. The summed E-state index contributed by atoms with van der Waals surface area (Å²) < 4.78 is 80.0. The first-order chi connectivity index (χ1) is 15.2. The van der Waals surface area contributed by atoms with Crippen LogP contribution in [0.1, 0.15) is 24.8 Å². The molecule has 0 bridgehead atoms. The first-order valence-corrected chi connectivity index (χ1v) is 9.89. The largest absolute Gasteiger partial charge is 0.464 e. The van der Waals surface area contributed by atoms with Crippen molar-refractivity contribution in [3.63, 3.8) is 0 Å². The molecule has 3 heterocycles. The van der Waals surface area contributed by atoms with Gasteiger partial charge in [-0.05, 0) is 18.9 Å². The van der Waals surface area contributed by atoms with E-state index in [-0.39, 0.29) is 28.5 Å². The van der Waals surface area contributed by atoms with Crippen molar-refractivity contribution in [3.8, 4) is 11.5 Å². The van der Waals surface area contributed by atoms with E-state index >= 15 is 0 Å². The minimum Gasteiger partial charge on any atom is -0.464 e. The van der Waals surface area contributed by atoms with Crippen molar-refractivity contribution < 1.29 is 31.4 Å². The molecule has 1 fully saturated rings. The lowest BCUT2D eigenvalue weighted by atomic mass is 9.69. The van der Waals surface area contributed by atoms with E-state index in [1.807, 2.05) is 0 Å². The van der Waals surface area contributed by atoms with Gasteiger partial charge in [-0.15, -0.1) is 0 Å². The maximum atomic E-state index is 14.7. The number of benzene rings is 1. The monoisotopic (exact) mass is 452 g/mol. The molecule has 2 aromatic heterocycles. The number of aromatic nitrogens is 2. The first kappa shape index (κ1) is 20.5. The summed E-state index contributed by atoms with van der Waals surface area (Å²) >= 11 is 0. The standard InChI is InChI=1S/C21H17F5N4O2/c22-13-6-11(30-19-29-9-20(10-31-19)3-1-4-20)7-14(23)17(13)32-15-2-5-27-18-16(15)12(8-28-18)21(24,25)26/h2,5-8H,1,3-4,9-10H2,(H,27,28)(H,29,30). The Labute approximate surface area is 178 Å². The molecular formula is C21H17F5N4O2. The number of amidine groups is 1. The van der Waals surface area contributed by atoms with Crippen LogP contribution in [0.2, 0.25) is 0 Å². The van der Waals surface area contributed by atoms with Gasteiger partial charge in [0.05, 0.1) is 24.1 Å². The highest BCUT2D eigenvalue weighted by molar-refractivity contribution is 5.90. The van der Waals surface area contributed by atoms with Gasteiger partial charge in [0, 0.05) is 35.6 Å². The van der Waals surface area contributed by atoms with Crippen molar-refractivity contribution in [1.29, 1.82) is 0 Å². The van der Waals surface area contributed by atoms with Crippen molar-refractivity contribution in [2.24, 2.45) is 10.4 Å². The topological polar surface area (TPSA) is 71.5 Å². The van der Waals surface area contributed by atoms with E-state index < -0.39 is 34.5 Å². The second-order valence-corrected chi connectivity index (χ2v) is 7.99. The molecule has 5 rings (SSSR count). The lowest BCUT2D eigenvalue weighted by Gasteiger charge is -2.42. The number of pyridine rings is 1. The smallest absolute Gasteiger partial charge is 0.418 e. The number of aromatic amines is 1. The number of hydrogen-bond donors (Lipinski definition) is 2. The zero-order valence-electron chi connectivity index (χ0n) is 16.5. The first-order valence-electron chi connectivity index (χ1n) is 9.89. The molecule has 2 aliphatic rings. The summed E-state index contributed by atoms with van der Waals surface area (Å²) in [6, 6.07) is 3.18. The number of fused-ring (bicyclic) bond motifs is 1. The van der Waals surface area contributed by atoms with Crippen LogP contribution in [0.5, 0.6) is 11.5 Å².